The number of aliphatic hydroxyl groups is 1. The summed E-state index contributed by atoms with van der Waals surface area (Å²) >= 11 is 0. The molecule has 2 rings (SSSR count). The SMILES string of the molecule is CC(C)[C@@H](O)[C@H](C#C[Si](C)(C)C)N1C(=O)OC[C@H]1c1ccccc1. The van der Waals surface area contributed by atoms with E-state index in [4.69, 9.17) is 4.74 Å². The molecule has 1 aromatic carbocycles. The van der Waals surface area contributed by atoms with Crippen LogP contribution in [0.2, 0.25) is 19.6 Å². The van der Waals surface area contributed by atoms with E-state index in [2.05, 4.69) is 31.1 Å². The normalized spacial score (nSPS) is 20.4. The summed E-state index contributed by atoms with van der Waals surface area (Å²) in [5, 5.41) is 10.7. The van der Waals surface area contributed by atoms with Gasteiger partial charge in [0.15, 0.2) is 0 Å². The summed E-state index contributed by atoms with van der Waals surface area (Å²) in [6, 6.07) is 9.01. The Hall–Kier alpha value is -1.77. The Morgan fingerprint density at radius 1 is 1.25 bits per heavy atom. The van der Waals surface area contributed by atoms with E-state index in [0.717, 1.165) is 5.56 Å². The van der Waals surface area contributed by atoms with Crippen LogP contribution in [-0.4, -0.2) is 42.9 Å². The Labute approximate surface area is 145 Å². The molecule has 0 radical (unpaired) electrons. The molecule has 5 heteroatoms. The molecule has 1 saturated heterocycles. The maximum atomic E-state index is 12.4. The quantitative estimate of drug-likeness (QED) is 0.672. The van der Waals surface area contributed by atoms with Gasteiger partial charge in [-0.2, -0.15) is 0 Å². The average molecular weight is 346 g/mol. The minimum atomic E-state index is -1.63. The molecule has 130 valence electrons. The number of carbonyl (C=O) groups is 1. The fourth-order valence-corrected chi connectivity index (χ4v) is 3.23. The summed E-state index contributed by atoms with van der Waals surface area (Å²) in [7, 11) is -1.63. The highest BCUT2D eigenvalue weighted by Gasteiger charge is 2.42. The summed E-state index contributed by atoms with van der Waals surface area (Å²) in [6.45, 7) is 10.6. The Balaban J connectivity index is 2.41. The molecule has 4 nitrogen and oxygen atoms in total. The minimum Gasteiger partial charge on any atom is -0.447 e. The number of carbonyl (C=O) groups excluding carboxylic acids is 1. The number of hydrogen-bond donors (Lipinski definition) is 1. The second-order valence-electron chi connectivity index (χ2n) is 7.61. The van der Waals surface area contributed by atoms with Crippen LogP contribution >= 0.6 is 0 Å². The molecule has 3 atom stereocenters. The van der Waals surface area contributed by atoms with E-state index in [1.165, 1.54) is 0 Å². The van der Waals surface area contributed by atoms with Crippen LogP contribution in [0.1, 0.15) is 25.5 Å². The number of amides is 1. The van der Waals surface area contributed by atoms with E-state index >= 15 is 0 Å². The first-order chi connectivity index (χ1) is 11.2. The van der Waals surface area contributed by atoms with Crippen LogP contribution in [0.3, 0.4) is 0 Å². The molecule has 1 N–H and O–H groups in total. The number of hydrogen-bond acceptors (Lipinski definition) is 3. The molecule has 0 aromatic heterocycles. The van der Waals surface area contributed by atoms with Crippen molar-refractivity contribution < 1.29 is 14.6 Å². The third-order valence-corrected chi connectivity index (χ3v) is 4.89. The van der Waals surface area contributed by atoms with Crippen molar-refractivity contribution in [1.29, 1.82) is 0 Å². The van der Waals surface area contributed by atoms with Crippen LogP contribution in [0.4, 0.5) is 4.79 Å². The van der Waals surface area contributed by atoms with Crippen LogP contribution in [0.15, 0.2) is 30.3 Å². The minimum absolute atomic E-state index is 0.00393. The highest BCUT2D eigenvalue weighted by atomic mass is 28.3. The molecule has 0 saturated carbocycles. The molecule has 1 aliphatic rings. The van der Waals surface area contributed by atoms with E-state index in [0.29, 0.717) is 6.61 Å². The average Bonchev–Trinajstić information content (AvgIpc) is 2.89. The van der Waals surface area contributed by atoms with Crippen molar-refractivity contribution >= 4 is 14.2 Å². The highest BCUT2D eigenvalue weighted by molar-refractivity contribution is 6.83. The topological polar surface area (TPSA) is 49.8 Å². The van der Waals surface area contributed by atoms with Gasteiger partial charge in [-0.25, -0.2) is 4.79 Å². The Kier molecular flexibility index (Phi) is 5.73. The molecular weight excluding hydrogens is 318 g/mol. The predicted octanol–water partition coefficient (Wildman–Crippen LogP) is 3.45. The van der Waals surface area contributed by atoms with Crippen LogP contribution < -0.4 is 0 Å². The first kappa shape index (κ1) is 18.6. The molecule has 1 aliphatic heterocycles. The fraction of sp³-hybridized carbons (Fsp3) is 0.526. The molecule has 0 aliphatic carbocycles. The Bertz CT molecular complexity index is 627. The van der Waals surface area contributed by atoms with Crippen LogP contribution in [0, 0.1) is 17.4 Å². The van der Waals surface area contributed by atoms with Gasteiger partial charge >= 0.3 is 6.09 Å². The number of rotatable bonds is 4. The zero-order chi connectivity index (χ0) is 17.9. The fourth-order valence-electron chi connectivity index (χ4n) is 2.65. The van der Waals surface area contributed by atoms with Crippen LogP contribution in [-0.2, 0) is 4.74 Å². The molecule has 1 aromatic rings. The smallest absolute Gasteiger partial charge is 0.411 e. The summed E-state index contributed by atoms with van der Waals surface area (Å²) < 4.78 is 5.29. The number of aliphatic hydroxyl groups excluding tert-OH is 1. The molecule has 0 unspecified atom stereocenters. The Morgan fingerprint density at radius 2 is 1.88 bits per heavy atom. The van der Waals surface area contributed by atoms with E-state index < -0.39 is 26.3 Å². The zero-order valence-corrected chi connectivity index (χ0v) is 16.1. The standard InChI is InChI=1S/C19H27NO3Si/c1-14(2)18(21)16(11-12-24(3,4)5)20-17(13-23-19(20)22)15-9-7-6-8-10-15/h6-10,14,16-18,21H,13H2,1-5H3/t16-,17-,18+/m0/s1. The van der Waals surface area contributed by atoms with Gasteiger partial charge < -0.3 is 9.84 Å². The molecule has 24 heavy (non-hydrogen) atoms. The predicted molar refractivity (Wildman–Crippen MR) is 98.1 cm³/mol. The van der Waals surface area contributed by atoms with Gasteiger partial charge in [-0.05, 0) is 11.5 Å². The highest BCUT2D eigenvalue weighted by Crippen LogP contribution is 2.31. The van der Waals surface area contributed by atoms with Crippen molar-refractivity contribution in [3.63, 3.8) is 0 Å². The zero-order valence-electron chi connectivity index (χ0n) is 15.1. The summed E-state index contributed by atoms with van der Waals surface area (Å²) in [5.74, 6) is 3.20. The van der Waals surface area contributed by atoms with Crippen molar-refractivity contribution in [3.8, 4) is 11.5 Å². The lowest BCUT2D eigenvalue weighted by atomic mass is 9.96. The van der Waals surface area contributed by atoms with Crippen molar-refractivity contribution in [2.75, 3.05) is 6.61 Å². The van der Waals surface area contributed by atoms with Crippen molar-refractivity contribution in [2.45, 2.75) is 51.7 Å². The third-order valence-electron chi connectivity index (χ3n) is 4.00. The van der Waals surface area contributed by atoms with Gasteiger partial charge in [-0.1, -0.05) is 69.7 Å². The lowest BCUT2D eigenvalue weighted by molar-refractivity contribution is 0.0518. The van der Waals surface area contributed by atoms with Crippen molar-refractivity contribution in [3.05, 3.63) is 35.9 Å². The number of nitrogens with zero attached hydrogens (tertiary/aromatic N) is 1. The Morgan fingerprint density at radius 3 is 2.42 bits per heavy atom. The number of ether oxygens (including phenoxy) is 1. The molecule has 0 spiro atoms. The maximum absolute atomic E-state index is 12.4. The maximum Gasteiger partial charge on any atom is 0.411 e. The number of cyclic esters (lactones) is 1. The van der Waals surface area contributed by atoms with E-state index in [1.54, 1.807) is 4.90 Å². The van der Waals surface area contributed by atoms with Crippen molar-refractivity contribution in [2.24, 2.45) is 5.92 Å². The van der Waals surface area contributed by atoms with Gasteiger partial charge in [0.2, 0.25) is 0 Å². The monoisotopic (exact) mass is 345 g/mol. The van der Waals surface area contributed by atoms with E-state index in [1.807, 2.05) is 44.2 Å². The molecule has 0 bridgehead atoms. The summed E-state index contributed by atoms with van der Waals surface area (Å²) in [4.78, 5) is 14.0. The first-order valence-electron chi connectivity index (χ1n) is 8.41. The molecule has 1 fully saturated rings. The van der Waals surface area contributed by atoms with Gasteiger partial charge in [-0.3, -0.25) is 4.90 Å². The molecular formula is C19H27NO3Si. The second kappa shape index (κ2) is 7.41. The molecule has 1 amide bonds. The lowest BCUT2D eigenvalue weighted by Crippen LogP contribution is -2.47. The van der Waals surface area contributed by atoms with Gasteiger partial charge in [0.1, 0.15) is 20.7 Å². The van der Waals surface area contributed by atoms with Gasteiger partial charge in [0.05, 0.1) is 12.1 Å². The van der Waals surface area contributed by atoms with Gasteiger partial charge in [-0.15, -0.1) is 5.54 Å². The van der Waals surface area contributed by atoms with Crippen LogP contribution in [0.25, 0.3) is 0 Å². The summed E-state index contributed by atoms with van der Waals surface area (Å²) in [6.07, 6.45) is -1.12. The van der Waals surface area contributed by atoms with Crippen LogP contribution in [0.5, 0.6) is 0 Å². The van der Waals surface area contributed by atoms with E-state index in [9.17, 15) is 9.90 Å². The van der Waals surface area contributed by atoms with E-state index in [-0.39, 0.29) is 12.0 Å². The first-order valence-corrected chi connectivity index (χ1v) is 11.9. The second-order valence-corrected chi connectivity index (χ2v) is 12.4. The molecule has 1 heterocycles. The van der Waals surface area contributed by atoms with Gasteiger partial charge in [0.25, 0.3) is 0 Å². The number of benzene rings is 1. The third kappa shape index (κ3) is 4.40. The lowest BCUT2D eigenvalue weighted by Gasteiger charge is -2.32. The summed E-state index contributed by atoms with van der Waals surface area (Å²) in [5.41, 5.74) is 4.31. The largest absolute Gasteiger partial charge is 0.447 e. The van der Waals surface area contributed by atoms with Crippen molar-refractivity contribution in [1.82, 2.24) is 4.90 Å². The van der Waals surface area contributed by atoms with Gasteiger partial charge in [0, 0.05) is 0 Å².